The van der Waals surface area contributed by atoms with E-state index in [0.29, 0.717) is 5.25 Å². The van der Waals surface area contributed by atoms with E-state index in [1.165, 1.54) is 0 Å². The van der Waals surface area contributed by atoms with E-state index in [9.17, 15) is 4.79 Å². The summed E-state index contributed by atoms with van der Waals surface area (Å²) in [5, 5.41) is 3.46. The molecule has 2 atom stereocenters. The van der Waals surface area contributed by atoms with E-state index in [-0.39, 0.29) is 11.9 Å². The molecule has 11 heavy (non-hydrogen) atoms. The first-order valence-corrected chi connectivity index (χ1v) is 4.25. The molecule has 3 nitrogen and oxygen atoms in total. The van der Waals surface area contributed by atoms with E-state index >= 15 is 0 Å². The maximum atomic E-state index is 11.3. The fourth-order valence-corrected chi connectivity index (χ4v) is 1.53. The van der Waals surface area contributed by atoms with Crippen LogP contribution in [0, 0.1) is 0 Å². The van der Waals surface area contributed by atoms with Gasteiger partial charge in [-0.2, -0.15) is 12.6 Å². The van der Waals surface area contributed by atoms with Gasteiger partial charge in [0.2, 0.25) is 5.91 Å². The van der Waals surface area contributed by atoms with Crippen LogP contribution in [0.2, 0.25) is 0 Å². The number of nitrogens with zero attached hydrogens (tertiary/aromatic N) is 1. The number of hydrogen-bond acceptors (Lipinski definition) is 3. The van der Waals surface area contributed by atoms with E-state index in [2.05, 4.69) is 17.9 Å². The Balaban J connectivity index is 2.43. The standard InChI is InChI=1S/C7H14N2OS/c1-9(2)7(10)6-3-5(11)4-8-6/h5-6,8,11H,3-4H2,1-2H3/t5-,6-/m0/s1. The zero-order valence-corrected chi connectivity index (χ0v) is 7.77. The monoisotopic (exact) mass is 174 g/mol. The van der Waals surface area contributed by atoms with Crippen LogP contribution in [-0.2, 0) is 4.79 Å². The van der Waals surface area contributed by atoms with Crippen molar-refractivity contribution < 1.29 is 4.79 Å². The summed E-state index contributed by atoms with van der Waals surface area (Å²) in [6.07, 6.45) is 0.847. The van der Waals surface area contributed by atoms with Crippen molar-refractivity contribution in [1.29, 1.82) is 0 Å². The predicted octanol–water partition coefficient (Wildman–Crippen LogP) is -0.265. The summed E-state index contributed by atoms with van der Waals surface area (Å²) in [5.74, 6) is 0.154. The molecule has 0 spiro atoms. The van der Waals surface area contributed by atoms with Gasteiger partial charge in [0.05, 0.1) is 6.04 Å². The summed E-state index contributed by atoms with van der Waals surface area (Å²) < 4.78 is 0. The number of carbonyl (C=O) groups excluding carboxylic acids is 1. The normalized spacial score (nSPS) is 30.5. The van der Waals surface area contributed by atoms with Crippen molar-refractivity contribution in [2.24, 2.45) is 0 Å². The van der Waals surface area contributed by atoms with Gasteiger partial charge in [-0.25, -0.2) is 0 Å². The molecule has 1 amide bonds. The summed E-state index contributed by atoms with van der Waals surface area (Å²) >= 11 is 4.28. The summed E-state index contributed by atoms with van der Waals surface area (Å²) in [5.41, 5.74) is 0. The molecule has 0 aromatic rings. The molecule has 0 aromatic heterocycles. The molecular weight excluding hydrogens is 160 g/mol. The highest BCUT2D eigenvalue weighted by Gasteiger charge is 2.27. The Morgan fingerprint density at radius 1 is 1.64 bits per heavy atom. The highest BCUT2D eigenvalue weighted by molar-refractivity contribution is 7.81. The van der Waals surface area contributed by atoms with Crippen molar-refractivity contribution in [2.75, 3.05) is 20.6 Å². The fraction of sp³-hybridized carbons (Fsp3) is 0.857. The second kappa shape index (κ2) is 3.45. The van der Waals surface area contributed by atoms with Crippen LogP contribution in [0.5, 0.6) is 0 Å². The number of rotatable bonds is 1. The van der Waals surface area contributed by atoms with Crippen molar-refractivity contribution in [3.05, 3.63) is 0 Å². The van der Waals surface area contributed by atoms with E-state index in [0.717, 1.165) is 13.0 Å². The van der Waals surface area contributed by atoms with Crippen molar-refractivity contribution in [3.63, 3.8) is 0 Å². The smallest absolute Gasteiger partial charge is 0.239 e. The first-order valence-electron chi connectivity index (χ1n) is 3.74. The number of likely N-dealkylation sites (N-methyl/N-ethyl adjacent to an activating group) is 1. The third-order valence-electron chi connectivity index (χ3n) is 1.85. The van der Waals surface area contributed by atoms with Crippen molar-refractivity contribution in [2.45, 2.75) is 17.7 Å². The molecule has 64 valence electrons. The number of amides is 1. The molecule has 0 bridgehead atoms. The largest absolute Gasteiger partial charge is 0.347 e. The van der Waals surface area contributed by atoms with Gasteiger partial charge in [0, 0.05) is 25.9 Å². The van der Waals surface area contributed by atoms with Crippen LogP contribution in [-0.4, -0.2) is 42.7 Å². The second-order valence-corrected chi connectivity index (χ2v) is 3.81. The summed E-state index contributed by atoms with van der Waals surface area (Å²) in [6, 6.07) is -0.00694. The van der Waals surface area contributed by atoms with Crippen molar-refractivity contribution in [3.8, 4) is 0 Å². The van der Waals surface area contributed by atoms with Gasteiger partial charge in [-0.3, -0.25) is 4.79 Å². The molecule has 0 aromatic carbocycles. The molecule has 0 saturated carbocycles. The maximum absolute atomic E-state index is 11.3. The van der Waals surface area contributed by atoms with E-state index in [1.807, 2.05) is 0 Å². The number of thiol groups is 1. The van der Waals surface area contributed by atoms with Crippen molar-refractivity contribution >= 4 is 18.5 Å². The SMILES string of the molecule is CN(C)C(=O)[C@@H]1C[C@H](S)CN1. The van der Waals surface area contributed by atoms with Gasteiger partial charge in [0.15, 0.2) is 0 Å². The Kier molecular flexibility index (Phi) is 2.78. The average molecular weight is 174 g/mol. The molecule has 1 saturated heterocycles. The highest BCUT2D eigenvalue weighted by Crippen LogP contribution is 2.12. The summed E-state index contributed by atoms with van der Waals surface area (Å²) in [4.78, 5) is 12.9. The summed E-state index contributed by atoms with van der Waals surface area (Å²) in [6.45, 7) is 0.841. The first kappa shape index (κ1) is 8.87. The zero-order chi connectivity index (χ0) is 8.43. The van der Waals surface area contributed by atoms with Gasteiger partial charge in [-0.15, -0.1) is 0 Å². The third-order valence-corrected chi connectivity index (χ3v) is 2.24. The van der Waals surface area contributed by atoms with E-state index in [1.54, 1.807) is 19.0 Å². The Hall–Kier alpha value is -0.220. The lowest BCUT2D eigenvalue weighted by Gasteiger charge is -2.15. The Labute approximate surface area is 72.5 Å². The molecule has 1 heterocycles. The minimum Gasteiger partial charge on any atom is -0.347 e. The minimum absolute atomic E-state index is 0.00694. The fourth-order valence-electron chi connectivity index (χ4n) is 1.22. The molecular formula is C7H14N2OS. The molecule has 4 heteroatoms. The van der Waals surface area contributed by atoms with Crippen LogP contribution < -0.4 is 5.32 Å². The maximum Gasteiger partial charge on any atom is 0.239 e. The van der Waals surface area contributed by atoms with Gasteiger partial charge in [0.25, 0.3) is 0 Å². The topological polar surface area (TPSA) is 32.3 Å². The van der Waals surface area contributed by atoms with E-state index in [4.69, 9.17) is 0 Å². The molecule has 0 unspecified atom stereocenters. The van der Waals surface area contributed by atoms with Gasteiger partial charge in [0.1, 0.15) is 0 Å². The van der Waals surface area contributed by atoms with Gasteiger partial charge in [-0.05, 0) is 6.42 Å². The van der Waals surface area contributed by atoms with Crippen LogP contribution in [0.15, 0.2) is 0 Å². The molecule has 0 aliphatic carbocycles. The van der Waals surface area contributed by atoms with Crippen LogP contribution in [0.4, 0.5) is 0 Å². The third kappa shape index (κ3) is 2.10. The average Bonchev–Trinajstić information content (AvgIpc) is 2.34. The van der Waals surface area contributed by atoms with Gasteiger partial charge >= 0.3 is 0 Å². The van der Waals surface area contributed by atoms with Crippen molar-refractivity contribution in [1.82, 2.24) is 10.2 Å². The Bertz CT molecular complexity index is 161. The molecule has 1 rings (SSSR count). The molecule has 1 aliphatic heterocycles. The zero-order valence-electron chi connectivity index (χ0n) is 6.87. The van der Waals surface area contributed by atoms with Crippen LogP contribution in [0.25, 0.3) is 0 Å². The van der Waals surface area contributed by atoms with Crippen LogP contribution in [0.3, 0.4) is 0 Å². The molecule has 1 fully saturated rings. The second-order valence-electron chi connectivity index (χ2n) is 3.08. The summed E-state index contributed by atoms with van der Waals surface area (Å²) in [7, 11) is 3.55. The lowest BCUT2D eigenvalue weighted by molar-refractivity contribution is -0.130. The number of carbonyl (C=O) groups is 1. The minimum atomic E-state index is -0.00694. The van der Waals surface area contributed by atoms with Crippen LogP contribution in [0.1, 0.15) is 6.42 Å². The molecule has 1 N–H and O–H groups in total. The van der Waals surface area contributed by atoms with E-state index < -0.39 is 0 Å². The molecule has 1 aliphatic rings. The lowest BCUT2D eigenvalue weighted by atomic mass is 10.2. The van der Waals surface area contributed by atoms with Crippen LogP contribution >= 0.6 is 12.6 Å². The Morgan fingerprint density at radius 3 is 2.64 bits per heavy atom. The Morgan fingerprint density at radius 2 is 2.27 bits per heavy atom. The molecule has 0 radical (unpaired) electrons. The predicted molar refractivity (Wildman–Crippen MR) is 47.9 cm³/mol. The van der Waals surface area contributed by atoms with Gasteiger partial charge in [-0.1, -0.05) is 0 Å². The number of nitrogens with one attached hydrogen (secondary N) is 1. The lowest BCUT2D eigenvalue weighted by Crippen LogP contribution is -2.39. The first-order chi connectivity index (χ1) is 5.11. The van der Waals surface area contributed by atoms with Gasteiger partial charge < -0.3 is 10.2 Å². The highest BCUT2D eigenvalue weighted by atomic mass is 32.1. The quantitative estimate of drug-likeness (QED) is 0.537. The number of hydrogen-bond donors (Lipinski definition) is 2.